The van der Waals surface area contributed by atoms with Crippen LogP contribution in [0.2, 0.25) is 0 Å². The topological polar surface area (TPSA) is 82.7 Å². The molecule has 0 radical (unpaired) electrons. The first kappa shape index (κ1) is 20.7. The number of hydrogen-bond donors (Lipinski definition) is 0. The first-order chi connectivity index (χ1) is 13.8. The molecule has 0 aromatic carbocycles. The number of nitrogens with zero attached hydrogens (tertiary/aromatic N) is 5. The van der Waals surface area contributed by atoms with E-state index in [0.29, 0.717) is 31.1 Å². The summed E-state index contributed by atoms with van der Waals surface area (Å²) in [5, 5.41) is -0.0588. The molecular formula is C17H16F5N5O2S. The van der Waals surface area contributed by atoms with Crippen molar-refractivity contribution in [1.29, 1.82) is 0 Å². The van der Waals surface area contributed by atoms with Crippen molar-refractivity contribution in [2.24, 2.45) is 7.05 Å². The van der Waals surface area contributed by atoms with E-state index < -0.39 is 27.5 Å². The molecule has 4 heterocycles. The zero-order chi connectivity index (χ0) is 22.1. The van der Waals surface area contributed by atoms with Gasteiger partial charge in [-0.1, -0.05) is 0 Å². The molecular weight excluding hydrogens is 433 g/mol. The van der Waals surface area contributed by atoms with E-state index in [1.165, 1.54) is 11.6 Å². The van der Waals surface area contributed by atoms with Gasteiger partial charge in [0.1, 0.15) is 17.0 Å². The summed E-state index contributed by atoms with van der Waals surface area (Å²) in [7, 11) is -2.26. The second-order valence-corrected chi connectivity index (χ2v) is 9.13. The third kappa shape index (κ3) is 3.06. The van der Waals surface area contributed by atoms with Crippen LogP contribution in [-0.4, -0.2) is 44.9 Å². The van der Waals surface area contributed by atoms with E-state index in [4.69, 9.17) is 0 Å². The van der Waals surface area contributed by atoms with Gasteiger partial charge in [-0.25, -0.2) is 23.4 Å². The van der Waals surface area contributed by atoms with Gasteiger partial charge >= 0.3 is 12.1 Å². The van der Waals surface area contributed by atoms with E-state index in [0.717, 1.165) is 19.1 Å². The van der Waals surface area contributed by atoms with Gasteiger partial charge in [-0.15, -0.1) is 0 Å². The molecule has 30 heavy (non-hydrogen) atoms. The van der Waals surface area contributed by atoms with Crippen LogP contribution in [0.15, 0.2) is 17.3 Å². The van der Waals surface area contributed by atoms with Gasteiger partial charge in [0.2, 0.25) is 0 Å². The maximum absolute atomic E-state index is 13.7. The van der Waals surface area contributed by atoms with Gasteiger partial charge in [0.15, 0.2) is 26.3 Å². The van der Waals surface area contributed by atoms with Crippen molar-refractivity contribution in [1.82, 2.24) is 24.1 Å². The minimum atomic E-state index is -5.79. The summed E-state index contributed by atoms with van der Waals surface area (Å²) in [6.07, 6.45) is -2.15. The minimum Gasteiger partial charge on any atom is -0.318 e. The fourth-order valence-corrected chi connectivity index (χ4v) is 4.69. The Balaban J connectivity index is 1.94. The molecule has 0 atom stereocenters. The van der Waals surface area contributed by atoms with Crippen molar-refractivity contribution >= 4 is 21.0 Å². The van der Waals surface area contributed by atoms with Gasteiger partial charge in [-0.2, -0.15) is 22.0 Å². The Morgan fingerprint density at radius 1 is 1.10 bits per heavy atom. The highest BCUT2D eigenvalue weighted by Crippen LogP contribution is 2.44. The highest BCUT2D eigenvalue weighted by Gasteiger charge is 2.59. The van der Waals surface area contributed by atoms with Crippen LogP contribution in [-0.2, 0) is 35.8 Å². The third-order valence-electron chi connectivity index (χ3n) is 5.02. The van der Waals surface area contributed by atoms with Crippen LogP contribution in [0.5, 0.6) is 0 Å². The lowest BCUT2D eigenvalue weighted by Gasteiger charge is -2.19. The smallest absolute Gasteiger partial charge is 0.318 e. The molecule has 0 saturated carbocycles. The maximum atomic E-state index is 13.7. The molecule has 7 nitrogen and oxygen atoms in total. The van der Waals surface area contributed by atoms with Crippen LogP contribution in [0.3, 0.4) is 0 Å². The van der Waals surface area contributed by atoms with Crippen LogP contribution in [0, 0.1) is 0 Å². The molecule has 4 rings (SSSR count). The molecule has 3 aromatic rings. The molecule has 0 bridgehead atoms. The summed E-state index contributed by atoms with van der Waals surface area (Å²) < 4.78 is 93.3. The van der Waals surface area contributed by atoms with Crippen molar-refractivity contribution in [3.63, 3.8) is 0 Å². The molecule has 0 amide bonds. The predicted molar refractivity (Wildman–Crippen MR) is 95.7 cm³/mol. The Kier molecular flexibility index (Phi) is 4.46. The Bertz CT molecular complexity index is 1260. The van der Waals surface area contributed by atoms with E-state index in [1.807, 2.05) is 0 Å². The first-order valence-corrected chi connectivity index (χ1v) is 10.8. The monoisotopic (exact) mass is 449 g/mol. The number of alkyl halides is 5. The summed E-state index contributed by atoms with van der Waals surface area (Å²) in [6.45, 7) is 0.453. The van der Waals surface area contributed by atoms with Gasteiger partial charge in [0, 0.05) is 32.5 Å². The number of rotatable bonds is 3. The second kappa shape index (κ2) is 6.46. The molecule has 0 unspecified atom stereocenters. The molecule has 0 saturated heterocycles. The van der Waals surface area contributed by atoms with Crippen LogP contribution < -0.4 is 0 Å². The molecule has 0 spiro atoms. The predicted octanol–water partition coefficient (Wildman–Crippen LogP) is 3.23. The van der Waals surface area contributed by atoms with Crippen molar-refractivity contribution < 1.29 is 30.4 Å². The van der Waals surface area contributed by atoms with E-state index in [-0.39, 0.29) is 27.7 Å². The zero-order valence-electron chi connectivity index (χ0n) is 15.8. The largest absolute Gasteiger partial charge is 0.458 e. The fraction of sp³-hybridized carbons (Fsp3) is 0.471. The molecule has 162 valence electrons. The molecule has 0 N–H and O–H groups in total. The summed E-state index contributed by atoms with van der Waals surface area (Å²) >= 11 is 0. The summed E-state index contributed by atoms with van der Waals surface area (Å²) in [4.78, 5) is 12.2. The Morgan fingerprint density at radius 2 is 1.80 bits per heavy atom. The third-order valence-corrected chi connectivity index (χ3v) is 6.14. The molecule has 1 aliphatic rings. The van der Waals surface area contributed by atoms with E-state index in [9.17, 15) is 30.4 Å². The Hall–Kier alpha value is -2.57. The standard InChI is InChI=1S/C17H16F5N5O2S/c1-26-13-10(7-9(8-23-13)16(18,19)17(20,21)22)24-14(26)12-15(30(2,28)29)27-6-4-3-5-11(27)25-12/h7-8H,3-6H2,1-2H3. The van der Waals surface area contributed by atoms with Crippen LogP contribution in [0.25, 0.3) is 22.7 Å². The van der Waals surface area contributed by atoms with Crippen LogP contribution in [0.4, 0.5) is 22.0 Å². The number of aryl methyl sites for hydroxylation is 2. The van der Waals surface area contributed by atoms with Gasteiger partial charge in [-0.3, -0.25) is 0 Å². The normalized spacial score (nSPS) is 15.6. The molecule has 0 fully saturated rings. The van der Waals surface area contributed by atoms with Crippen molar-refractivity contribution in [3.05, 3.63) is 23.7 Å². The summed E-state index contributed by atoms with van der Waals surface area (Å²) in [5.74, 6) is -4.52. The number of pyridine rings is 1. The molecule has 0 aliphatic carbocycles. The number of halogens is 5. The zero-order valence-corrected chi connectivity index (χ0v) is 16.7. The van der Waals surface area contributed by atoms with Crippen LogP contribution in [0.1, 0.15) is 24.2 Å². The van der Waals surface area contributed by atoms with E-state index in [2.05, 4.69) is 15.0 Å². The number of sulfone groups is 1. The minimum absolute atomic E-state index is 0.0206. The molecule has 13 heteroatoms. The van der Waals surface area contributed by atoms with Crippen molar-refractivity contribution in [2.45, 2.75) is 42.9 Å². The van der Waals surface area contributed by atoms with Gasteiger partial charge < -0.3 is 9.13 Å². The SMILES string of the molecule is Cn1c(-c2nc3n(c2S(C)(=O)=O)CCCC3)nc2cc(C(F)(F)C(F)(F)F)cnc21. The highest BCUT2D eigenvalue weighted by atomic mass is 32.2. The fourth-order valence-electron chi connectivity index (χ4n) is 3.60. The van der Waals surface area contributed by atoms with Crippen molar-refractivity contribution in [3.8, 4) is 11.5 Å². The number of hydrogen-bond acceptors (Lipinski definition) is 5. The summed E-state index contributed by atoms with van der Waals surface area (Å²) in [5.41, 5.74) is -1.52. The van der Waals surface area contributed by atoms with Crippen LogP contribution >= 0.6 is 0 Å². The molecule has 1 aliphatic heterocycles. The lowest BCUT2D eigenvalue weighted by molar-refractivity contribution is -0.289. The quantitative estimate of drug-likeness (QED) is 0.574. The highest BCUT2D eigenvalue weighted by molar-refractivity contribution is 7.90. The number of fused-ring (bicyclic) bond motifs is 2. The van der Waals surface area contributed by atoms with E-state index in [1.54, 1.807) is 4.57 Å². The van der Waals surface area contributed by atoms with Gasteiger partial charge in [0.25, 0.3) is 0 Å². The second-order valence-electron chi connectivity index (χ2n) is 7.20. The summed E-state index contributed by atoms with van der Waals surface area (Å²) in [6, 6.07) is 0.607. The average Bonchev–Trinajstić information content (AvgIpc) is 3.18. The Morgan fingerprint density at radius 3 is 2.43 bits per heavy atom. The van der Waals surface area contributed by atoms with Gasteiger partial charge in [-0.05, 0) is 18.9 Å². The number of imidazole rings is 2. The number of aromatic nitrogens is 5. The van der Waals surface area contributed by atoms with E-state index >= 15 is 0 Å². The first-order valence-electron chi connectivity index (χ1n) is 8.89. The molecule has 3 aromatic heterocycles. The van der Waals surface area contributed by atoms with Crippen molar-refractivity contribution in [2.75, 3.05) is 6.26 Å². The lowest BCUT2D eigenvalue weighted by atomic mass is 10.1. The maximum Gasteiger partial charge on any atom is 0.458 e. The van der Waals surface area contributed by atoms with Gasteiger partial charge in [0.05, 0.1) is 5.56 Å². The Labute approximate surface area is 167 Å². The average molecular weight is 449 g/mol. The lowest BCUT2D eigenvalue weighted by Crippen LogP contribution is -2.33.